The first-order valence-corrected chi connectivity index (χ1v) is 6.83. The third-order valence-electron chi connectivity index (χ3n) is 3.86. The molecule has 106 valence electrons. The van der Waals surface area contributed by atoms with E-state index in [0.29, 0.717) is 5.56 Å². The summed E-state index contributed by atoms with van der Waals surface area (Å²) in [5.41, 5.74) is 5.73. The zero-order valence-electron chi connectivity index (χ0n) is 12.7. The first kappa shape index (κ1) is 14.4. The molecular weight excluding hydrogens is 250 g/mol. The molecule has 0 aliphatic rings. The van der Waals surface area contributed by atoms with Crippen LogP contribution in [-0.4, -0.2) is 15.6 Å². The SMILES string of the molecule is Cc1ccc(-c2cc(C(=O)O)c(C(C)C)n2C)cc1C. The highest BCUT2D eigenvalue weighted by atomic mass is 16.4. The van der Waals surface area contributed by atoms with E-state index in [1.807, 2.05) is 31.5 Å². The van der Waals surface area contributed by atoms with E-state index in [1.165, 1.54) is 11.1 Å². The first-order valence-electron chi connectivity index (χ1n) is 6.83. The van der Waals surface area contributed by atoms with E-state index < -0.39 is 5.97 Å². The number of hydrogen-bond donors (Lipinski definition) is 1. The predicted molar refractivity (Wildman–Crippen MR) is 81.4 cm³/mol. The molecule has 0 saturated carbocycles. The molecule has 0 bridgehead atoms. The van der Waals surface area contributed by atoms with E-state index in [2.05, 4.69) is 26.0 Å². The molecular formula is C17H21NO2. The molecule has 0 aliphatic carbocycles. The molecule has 0 aliphatic heterocycles. The molecule has 0 spiro atoms. The zero-order valence-corrected chi connectivity index (χ0v) is 12.7. The van der Waals surface area contributed by atoms with Crippen LogP contribution in [0.4, 0.5) is 0 Å². The molecule has 0 saturated heterocycles. The Morgan fingerprint density at radius 3 is 2.25 bits per heavy atom. The van der Waals surface area contributed by atoms with Crippen LogP contribution in [0.2, 0.25) is 0 Å². The van der Waals surface area contributed by atoms with Gasteiger partial charge in [-0.25, -0.2) is 4.79 Å². The Hall–Kier alpha value is -2.03. The number of carbonyl (C=O) groups is 1. The van der Waals surface area contributed by atoms with Gasteiger partial charge in [-0.1, -0.05) is 26.0 Å². The number of carboxylic acid groups (broad SMARTS) is 1. The topological polar surface area (TPSA) is 42.2 Å². The van der Waals surface area contributed by atoms with Crippen molar-refractivity contribution in [1.29, 1.82) is 0 Å². The van der Waals surface area contributed by atoms with E-state index in [-0.39, 0.29) is 5.92 Å². The quantitative estimate of drug-likeness (QED) is 0.912. The van der Waals surface area contributed by atoms with Gasteiger partial charge in [-0.2, -0.15) is 0 Å². The van der Waals surface area contributed by atoms with Crippen LogP contribution < -0.4 is 0 Å². The number of nitrogens with zero attached hydrogens (tertiary/aromatic N) is 1. The number of aromatic carboxylic acids is 1. The van der Waals surface area contributed by atoms with Crippen LogP contribution in [-0.2, 0) is 7.05 Å². The lowest BCUT2D eigenvalue weighted by Gasteiger charge is -2.12. The maximum Gasteiger partial charge on any atom is 0.337 e. The van der Waals surface area contributed by atoms with Crippen molar-refractivity contribution in [3.05, 3.63) is 46.6 Å². The molecule has 1 aromatic heterocycles. The Bertz CT molecular complexity index is 666. The summed E-state index contributed by atoms with van der Waals surface area (Å²) >= 11 is 0. The molecule has 3 nitrogen and oxygen atoms in total. The van der Waals surface area contributed by atoms with Gasteiger partial charge in [-0.05, 0) is 48.6 Å². The maximum atomic E-state index is 11.4. The van der Waals surface area contributed by atoms with Gasteiger partial charge in [-0.3, -0.25) is 0 Å². The normalized spacial score (nSPS) is 11.1. The lowest BCUT2D eigenvalue weighted by atomic mass is 10.0. The number of rotatable bonds is 3. The molecule has 1 aromatic carbocycles. The van der Waals surface area contributed by atoms with Gasteiger partial charge in [0.15, 0.2) is 0 Å². The number of aromatic nitrogens is 1. The van der Waals surface area contributed by atoms with Gasteiger partial charge in [0.1, 0.15) is 0 Å². The zero-order chi connectivity index (χ0) is 15.0. The van der Waals surface area contributed by atoms with Crippen LogP contribution in [0.5, 0.6) is 0 Å². The molecule has 0 amide bonds. The minimum atomic E-state index is -0.862. The van der Waals surface area contributed by atoms with Crippen molar-refractivity contribution in [1.82, 2.24) is 4.57 Å². The minimum Gasteiger partial charge on any atom is -0.478 e. The first-order chi connectivity index (χ1) is 9.32. The molecule has 2 rings (SSSR count). The highest BCUT2D eigenvalue weighted by Crippen LogP contribution is 2.30. The molecule has 0 fully saturated rings. The van der Waals surface area contributed by atoms with E-state index in [0.717, 1.165) is 17.0 Å². The highest BCUT2D eigenvalue weighted by molar-refractivity contribution is 5.91. The fourth-order valence-electron chi connectivity index (χ4n) is 2.67. The van der Waals surface area contributed by atoms with Crippen LogP contribution in [0.1, 0.15) is 46.9 Å². The average Bonchev–Trinajstić information content (AvgIpc) is 2.71. The van der Waals surface area contributed by atoms with Crippen molar-refractivity contribution in [3.8, 4) is 11.3 Å². The van der Waals surface area contributed by atoms with Crippen molar-refractivity contribution >= 4 is 5.97 Å². The Morgan fingerprint density at radius 2 is 1.80 bits per heavy atom. The molecule has 20 heavy (non-hydrogen) atoms. The summed E-state index contributed by atoms with van der Waals surface area (Å²) in [7, 11) is 1.94. The maximum absolute atomic E-state index is 11.4. The van der Waals surface area contributed by atoms with Gasteiger partial charge in [0.25, 0.3) is 0 Å². The molecule has 0 radical (unpaired) electrons. The van der Waals surface area contributed by atoms with E-state index in [4.69, 9.17) is 0 Å². The largest absolute Gasteiger partial charge is 0.478 e. The van der Waals surface area contributed by atoms with Crippen LogP contribution in [0, 0.1) is 13.8 Å². The van der Waals surface area contributed by atoms with Crippen molar-refractivity contribution in [2.75, 3.05) is 0 Å². The Balaban J connectivity index is 2.66. The summed E-state index contributed by atoms with van der Waals surface area (Å²) < 4.78 is 2.00. The van der Waals surface area contributed by atoms with Crippen LogP contribution in [0.3, 0.4) is 0 Å². The third kappa shape index (κ3) is 2.36. The molecule has 1 heterocycles. The van der Waals surface area contributed by atoms with Gasteiger partial charge in [0.2, 0.25) is 0 Å². The van der Waals surface area contributed by atoms with E-state index in [9.17, 15) is 9.90 Å². The second-order valence-corrected chi connectivity index (χ2v) is 5.65. The molecule has 0 atom stereocenters. The lowest BCUT2D eigenvalue weighted by Crippen LogP contribution is -2.06. The van der Waals surface area contributed by atoms with Crippen LogP contribution >= 0.6 is 0 Å². The third-order valence-corrected chi connectivity index (χ3v) is 3.86. The predicted octanol–water partition coefficient (Wildman–Crippen LogP) is 4.13. The number of hydrogen-bond acceptors (Lipinski definition) is 1. The van der Waals surface area contributed by atoms with Gasteiger partial charge in [0.05, 0.1) is 5.56 Å². The summed E-state index contributed by atoms with van der Waals surface area (Å²) in [6.45, 7) is 8.19. The van der Waals surface area contributed by atoms with Crippen molar-refractivity contribution < 1.29 is 9.90 Å². The summed E-state index contributed by atoms with van der Waals surface area (Å²) in [5, 5.41) is 9.38. The summed E-state index contributed by atoms with van der Waals surface area (Å²) in [5.74, 6) is -0.689. The smallest absolute Gasteiger partial charge is 0.337 e. The Labute approximate surface area is 119 Å². The second kappa shape index (κ2) is 5.16. The second-order valence-electron chi connectivity index (χ2n) is 5.65. The van der Waals surface area contributed by atoms with Gasteiger partial charge in [0, 0.05) is 18.4 Å². The summed E-state index contributed by atoms with van der Waals surface area (Å²) in [6.07, 6.45) is 0. The van der Waals surface area contributed by atoms with Gasteiger partial charge >= 0.3 is 5.97 Å². The van der Waals surface area contributed by atoms with Crippen molar-refractivity contribution in [2.24, 2.45) is 7.05 Å². The number of carboxylic acids is 1. The molecule has 2 aromatic rings. The van der Waals surface area contributed by atoms with E-state index >= 15 is 0 Å². The van der Waals surface area contributed by atoms with E-state index in [1.54, 1.807) is 6.07 Å². The summed E-state index contributed by atoms with van der Waals surface area (Å²) in [4.78, 5) is 11.4. The van der Waals surface area contributed by atoms with Crippen molar-refractivity contribution in [3.63, 3.8) is 0 Å². The number of aryl methyl sites for hydroxylation is 2. The monoisotopic (exact) mass is 271 g/mol. The number of benzene rings is 1. The fraction of sp³-hybridized carbons (Fsp3) is 0.353. The van der Waals surface area contributed by atoms with Crippen LogP contribution in [0.15, 0.2) is 24.3 Å². The lowest BCUT2D eigenvalue weighted by molar-refractivity contribution is 0.0695. The molecule has 3 heteroatoms. The minimum absolute atomic E-state index is 0.173. The van der Waals surface area contributed by atoms with Crippen LogP contribution in [0.25, 0.3) is 11.3 Å². The molecule has 0 unspecified atom stereocenters. The molecule has 1 N–H and O–H groups in total. The Kier molecular flexibility index (Phi) is 3.71. The van der Waals surface area contributed by atoms with Gasteiger partial charge in [-0.15, -0.1) is 0 Å². The highest BCUT2D eigenvalue weighted by Gasteiger charge is 2.20. The standard InChI is InChI=1S/C17H21NO2/c1-10(2)16-14(17(19)20)9-15(18(16)5)13-7-6-11(3)12(4)8-13/h6-10H,1-5H3,(H,19,20). The summed E-state index contributed by atoms with van der Waals surface area (Å²) in [6, 6.07) is 8.02. The van der Waals surface area contributed by atoms with Crippen molar-refractivity contribution in [2.45, 2.75) is 33.6 Å². The fourth-order valence-corrected chi connectivity index (χ4v) is 2.67. The van der Waals surface area contributed by atoms with Gasteiger partial charge < -0.3 is 9.67 Å². The Morgan fingerprint density at radius 1 is 1.15 bits per heavy atom. The average molecular weight is 271 g/mol.